The molecule has 0 unspecified atom stereocenters. The Morgan fingerprint density at radius 2 is 2.00 bits per heavy atom. The lowest BCUT2D eigenvalue weighted by Gasteiger charge is -2.26. The highest BCUT2D eigenvalue weighted by Crippen LogP contribution is 2.35. The van der Waals surface area contributed by atoms with E-state index in [1.165, 1.54) is 0 Å². The number of carbonyl (C=O) groups is 4. The highest BCUT2D eigenvalue weighted by Gasteiger charge is 2.29. The number of nitrogens with one attached hydrogen (secondary N) is 2. The molecule has 2 atom stereocenters. The van der Waals surface area contributed by atoms with Crippen LogP contribution in [0.1, 0.15) is 46.0 Å². The van der Waals surface area contributed by atoms with Crippen LogP contribution >= 0.6 is 0 Å². The van der Waals surface area contributed by atoms with Gasteiger partial charge in [-0.2, -0.15) is 0 Å². The van der Waals surface area contributed by atoms with Gasteiger partial charge in [0.2, 0.25) is 0 Å². The van der Waals surface area contributed by atoms with Gasteiger partial charge in [0, 0.05) is 18.5 Å². The smallest absolute Gasteiger partial charge is 0.339 e. The molecule has 0 aromatic heterocycles. The van der Waals surface area contributed by atoms with Crippen molar-refractivity contribution in [1.82, 2.24) is 10.6 Å². The van der Waals surface area contributed by atoms with E-state index in [0.717, 1.165) is 11.1 Å². The van der Waals surface area contributed by atoms with Crippen LogP contribution in [0.15, 0.2) is 42.5 Å². The van der Waals surface area contributed by atoms with Gasteiger partial charge in [-0.1, -0.05) is 29.8 Å². The molecule has 10 nitrogen and oxygen atoms in total. The number of rotatable bonds is 10. The van der Waals surface area contributed by atoms with Gasteiger partial charge in [0.1, 0.15) is 17.9 Å². The quantitative estimate of drug-likeness (QED) is 0.305. The zero-order valence-electron chi connectivity index (χ0n) is 18.7. The number of esters is 1. The maximum atomic E-state index is 12.4. The van der Waals surface area contributed by atoms with Gasteiger partial charge in [-0.05, 0) is 43.5 Å². The summed E-state index contributed by atoms with van der Waals surface area (Å²) in [6.07, 6.45) is 0.311. The fourth-order valence-corrected chi connectivity index (χ4v) is 3.71. The van der Waals surface area contributed by atoms with Crippen LogP contribution in [0, 0.1) is 6.92 Å². The summed E-state index contributed by atoms with van der Waals surface area (Å²) in [6.45, 7) is 1.67. The normalized spacial score (nSPS) is 15.4. The number of urea groups is 1. The van der Waals surface area contributed by atoms with E-state index in [-0.39, 0.29) is 13.0 Å². The van der Waals surface area contributed by atoms with Crippen LogP contribution in [0.25, 0.3) is 0 Å². The number of carbonyl (C=O) groups excluding carboxylic acids is 3. The monoisotopic (exact) mass is 469 g/mol. The Morgan fingerprint density at radius 3 is 2.74 bits per heavy atom. The van der Waals surface area contributed by atoms with E-state index in [2.05, 4.69) is 10.6 Å². The summed E-state index contributed by atoms with van der Waals surface area (Å²) < 4.78 is 11.3. The number of amides is 3. The topological polar surface area (TPSA) is 157 Å². The molecule has 10 heteroatoms. The maximum Gasteiger partial charge on any atom is 0.339 e. The molecule has 1 aliphatic rings. The van der Waals surface area contributed by atoms with E-state index < -0.39 is 42.6 Å². The predicted molar refractivity (Wildman–Crippen MR) is 121 cm³/mol. The van der Waals surface area contributed by atoms with Crippen molar-refractivity contribution in [3.63, 3.8) is 0 Å². The predicted octanol–water partition coefficient (Wildman–Crippen LogP) is 1.85. The molecule has 2 aromatic carbocycles. The number of hydrogen-bond donors (Lipinski definition) is 4. The van der Waals surface area contributed by atoms with E-state index in [0.29, 0.717) is 29.7 Å². The van der Waals surface area contributed by atoms with E-state index in [4.69, 9.17) is 15.2 Å². The molecular weight excluding hydrogens is 442 g/mol. The third kappa shape index (κ3) is 6.47. The molecule has 34 heavy (non-hydrogen) atoms. The second-order valence-corrected chi connectivity index (χ2v) is 7.98. The Hall–Kier alpha value is -4.08. The standard InChI is InChI=1S/C24H27N3O7/c1-14-8-9-19(17(11-14)20-12-15-5-2-3-6-16(15)23(31)34-20)33-13-21(28)27-18(22(29)30)7-4-10-26-24(25)32/h2-3,5-6,8-9,11,18,20H,4,7,10,12-13H2,1H3,(H,27,28)(H,29,30)(H3,25,26,32)/t18-,20+/m1/s1. The highest BCUT2D eigenvalue weighted by atomic mass is 16.5. The number of hydrogen-bond acceptors (Lipinski definition) is 6. The fraction of sp³-hybridized carbons (Fsp3) is 0.333. The van der Waals surface area contributed by atoms with Crippen molar-refractivity contribution >= 4 is 23.9 Å². The lowest BCUT2D eigenvalue weighted by atomic mass is 9.93. The largest absolute Gasteiger partial charge is 0.483 e. The first-order valence-electron chi connectivity index (χ1n) is 10.8. The van der Waals surface area contributed by atoms with Gasteiger partial charge in [-0.25, -0.2) is 14.4 Å². The molecule has 180 valence electrons. The summed E-state index contributed by atoms with van der Waals surface area (Å²) in [5.41, 5.74) is 7.92. The van der Waals surface area contributed by atoms with E-state index >= 15 is 0 Å². The minimum atomic E-state index is -1.20. The first-order valence-corrected chi connectivity index (χ1v) is 10.8. The average Bonchev–Trinajstić information content (AvgIpc) is 2.79. The molecule has 0 spiro atoms. The SMILES string of the molecule is Cc1ccc(OCC(=O)N[C@H](CCCNC(N)=O)C(=O)O)c([C@@H]2Cc3ccccc3C(=O)O2)c1. The number of benzene rings is 2. The lowest BCUT2D eigenvalue weighted by Crippen LogP contribution is -2.43. The molecule has 1 aliphatic heterocycles. The van der Waals surface area contributed by atoms with Crippen LogP contribution in [-0.2, 0) is 20.7 Å². The highest BCUT2D eigenvalue weighted by molar-refractivity contribution is 5.92. The minimum absolute atomic E-state index is 0.106. The summed E-state index contributed by atoms with van der Waals surface area (Å²) in [6, 6.07) is 10.7. The van der Waals surface area contributed by atoms with Gasteiger partial charge >= 0.3 is 18.0 Å². The molecule has 1 heterocycles. The Bertz CT molecular complexity index is 1090. The Balaban J connectivity index is 1.64. The molecule has 0 saturated carbocycles. The second kappa shape index (κ2) is 11.2. The van der Waals surface area contributed by atoms with Gasteiger partial charge in [0.25, 0.3) is 5.91 Å². The summed E-state index contributed by atoms with van der Waals surface area (Å²) in [5.74, 6) is -1.87. The van der Waals surface area contributed by atoms with Crippen molar-refractivity contribution in [2.75, 3.05) is 13.2 Å². The number of fused-ring (bicyclic) bond motifs is 1. The van der Waals surface area contributed by atoms with Crippen molar-refractivity contribution in [2.45, 2.75) is 38.3 Å². The van der Waals surface area contributed by atoms with Gasteiger partial charge < -0.3 is 30.9 Å². The Morgan fingerprint density at radius 1 is 1.24 bits per heavy atom. The first kappa shape index (κ1) is 24.6. The van der Waals surface area contributed by atoms with Gasteiger partial charge in [0.05, 0.1) is 5.56 Å². The molecule has 0 saturated heterocycles. The number of primary amides is 1. The molecule has 2 aromatic rings. The van der Waals surface area contributed by atoms with Crippen LogP contribution < -0.4 is 21.1 Å². The van der Waals surface area contributed by atoms with E-state index in [9.17, 15) is 24.3 Å². The Kier molecular flexibility index (Phi) is 8.07. The molecule has 0 aliphatic carbocycles. The van der Waals surface area contributed by atoms with Crippen LogP contribution in [0.4, 0.5) is 4.79 Å². The van der Waals surface area contributed by atoms with Crippen LogP contribution in [0.2, 0.25) is 0 Å². The van der Waals surface area contributed by atoms with Crippen LogP contribution in [-0.4, -0.2) is 48.2 Å². The summed E-state index contributed by atoms with van der Waals surface area (Å²) in [4.78, 5) is 47.0. The summed E-state index contributed by atoms with van der Waals surface area (Å²) >= 11 is 0. The zero-order valence-corrected chi connectivity index (χ0v) is 18.7. The molecular formula is C24H27N3O7. The molecule has 3 amide bonds. The minimum Gasteiger partial charge on any atom is -0.483 e. The third-order valence-corrected chi connectivity index (χ3v) is 5.36. The number of ether oxygens (including phenoxy) is 2. The lowest BCUT2D eigenvalue weighted by molar-refractivity contribution is -0.142. The molecule has 3 rings (SSSR count). The van der Waals surface area contributed by atoms with Crippen molar-refractivity contribution in [3.8, 4) is 5.75 Å². The second-order valence-electron chi connectivity index (χ2n) is 7.98. The zero-order chi connectivity index (χ0) is 24.7. The van der Waals surface area contributed by atoms with Crippen LogP contribution in [0.3, 0.4) is 0 Å². The average molecular weight is 469 g/mol. The molecule has 0 radical (unpaired) electrons. The maximum absolute atomic E-state index is 12.4. The van der Waals surface area contributed by atoms with E-state index in [1.807, 2.05) is 25.1 Å². The van der Waals surface area contributed by atoms with Gasteiger partial charge in [0.15, 0.2) is 6.61 Å². The molecule has 0 bridgehead atoms. The fourth-order valence-electron chi connectivity index (χ4n) is 3.71. The number of carboxylic acids is 1. The van der Waals surface area contributed by atoms with Crippen molar-refractivity contribution in [3.05, 3.63) is 64.7 Å². The molecule has 5 N–H and O–H groups in total. The summed E-state index contributed by atoms with van der Waals surface area (Å²) in [5, 5.41) is 14.1. The number of aryl methyl sites for hydroxylation is 1. The number of nitrogens with two attached hydrogens (primary N) is 1. The third-order valence-electron chi connectivity index (χ3n) is 5.36. The number of aliphatic carboxylic acids is 1. The van der Waals surface area contributed by atoms with E-state index in [1.54, 1.807) is 24.3 Å². The van der Waals surface area contributed by atoms with Crippen molar-refractivity contribution in [2.24, 2.45) is 5.73 Å². The molecule has 0 fully saturated rings. The number of cyclic esters (lactones) is 1. The number of carboxylic acid groups (broad SMARTS) is 1. The first-order chi connectivity index (χ1) is 16.2. The summed E-state index contributed by atoms with van der Waals surface area (Å²) in [7, 11) is 0. The Labute approximate surface area is 196 Å². The van der Waals surface area contributed by atoms with Gasteiger partial charge in [-0.15, -0.1) is 0 Å². The van der Waals surface area contributed by atoms with Gasteiger partial charge in [-0.3, -0.25) is 4.79 Å². The van der Waals surface area contributed by atoms with Crippen molar-refractivity contribution in [1.29, 1.82) is 0 Å². The van der Waals surface area contributed by atoms with Crippen LogP contribution in [0.5, 0.6) is 5.75 Å². The van der Waals surface area contributed by atoms with Crippen molar-refractivity contribution < 1.29 is 33.8 Å².